The van der Waals surface area contributed by atoms with E-state index < -0.39 is 5.91 Å². The summed E-state index contributed by atoms with van der Waals surface area (Å²) in [5.41, 5.74) is 6.80. The van der Waals surface area contributed by atoms with Crippen LogP contribution in [0.2, 0.25) is 10.0 Å². The van der Waals surface area contributed by atoms with Crippen LogP contribution in [0.5, 0.6) is 0 Å². The molecule has 0 aliphatic carbocycles. The summed E-state index contributed by atoms with van der Waals surface area (Å²) in [4.78, 5) is 12.1. The SMILES string of the molecule is CCc1noc(N)c1C(=O)Nc1cc(Cl)cc(Cl)c1. The average Bonchev–Trinajstić information content (AvgIpc) is 2.68. The highest BCUT2D eigenvalue weighted by atomic mass is 35.5. The van der Waals surface area contributed by atoms with Gasteiger partial charge in [-0.25, -0.2) is 0 Å². The third-order valence-electron chi connectivity index (χ3n) is 2.47. The fourth-order valence-corrected chi connectivity index (χ4v) is 2.17. The van der Waals surface area contributed by atoms with Crippen LogP contribution in [-0.2, 0) is 6.42 Å². The number of aryl methyl sites for hydroxylation is 1. The Morgan fingerprint density at radius 2 is 2.00 bits per heavy atom. The van der Waals surface area contributed by atoms with E-state index in [9.17, 15) is 4.79 Å². The lowest BCUT2D eigenvalue weighted by Gasteiger charge is -2.06. The highest BCUT2D eigenvalue weighted by molar-refractivity contribution is 6.35. The van der Waals surface area contributed by atoms with Crippen LogP contribution in [0.1, 0.15) is 23.0 Å². The zero-order valence-electron chi connectivity index (χ0n) is 10.0. The molecule has 5 nitrogen and oxygen atoms in total. The summed E-state index contributed by atoms with van der Waals surface area (Å²) >= 11 is 11.7. The number of carbonyl (C=O) groups excluding carboxylic acids is 1. The molecular formula is C12H11Cl2N3O2. The Morgan fingerprint density at radius 3 is 2.58 bits per heavy atom. The van der Waals surface area contributed by atoms with Crippen molar-refractivity contribution in [3.8, 4) is 0 Å². The van der Waals surface area contributed by atoms with Crippen molar-refractivity contribution >= 4 is 40.7 Å². The van der Waals surface area contributed by atoms with Gasteiger partial charge >= 0.3 is 0 Å². The molecule has 3 N–H and O–H groups in total. The lowest BCUT2D eigenvalue weighted by molar-refractivity contribution is 0.102. The van der Waals surface area contributed by atoms with E-state index in [1.165, 1.54) is 0 Å². The molecule has 0 fully saturated rings. The molecule has 0 unspecified atom stereocenters. The maximum Gasteiger partial charge on any atom is 0.263 e. The van der Waals surface area contributed by atoms with Gasteiger partial charge < -0.3 is 15.6 Å². The molecule has 0 spiro atoms. The van der Waals surface area contributed by atoms with Crippen LogP contribution in [0.25, 0.3) is 0 Å². The van der Waals surface area contributed by atoms with Crippen molar-refractivity contribution in [2.24, 2.45) is 0 Å². The standard InChI is InChI=1S/C12H11Cl2N3O2/c1-2-9-10(11(15)19-17-9)12(18)16-8-4-6(13)3-7(14)5-8/h3-5H,2,15H2,1H3,(H,16,18). The second kappa shape index (κ2) is 5.50. The first-order valence-corrected chi connectivity index (χ1v) is 6.28. The van der Waals surface area contributed by atoms with Crippen molar-refractivity contribution in [1.29, 1.82) is 0 Å². The van der Waals surface area contributed by atoms with Gasteiger partial charge in [-0.3, -0.25) is 4.79 Å². The van der Waals surface area contributed by atoms with Gasteiger partial charge in [0.1, 0.15) is 5.56 Å². The summed E-state index contributed by atoms with van der Waals surface area (Å²) in [6, 6.07) is 4.74. The zero-order valence-corrected chi connectivity index (χ0v) is 11.5. The number of halogens is 2. The minimum atomic E-state index is -0.408. The van der Waals surface area contributed by atoms with E-state index in [1.54, 1.807) is 18.2 Å². The van der Waals surface area contributed by atoms with E-state index in [-0.39, 0.29) is 11.4 Å². The first kappa shape index (κ1) is 13.7. The summed E-state index contributed by atoms with van der Waals surface area (Å²) < 4.78 is 4.81. The monoisotopic (exact) mass is 299 g/mol. The molecule has 0 radical (unpaired) electrons. The number of carbonyl (C=O) groups is 1. The van der Waals surface area contributed by atoms with Gasteiger partial charge in [0.2, 0.25) is 5.88 Å². The molecule has 1 aromatic carbocycles. The number of hydrogen-bond donors (Lipinski definition) is 2. The number of rotatable bonds is 3. The van der Waals surface area contributed by atoms with Crippen molar-refractivity contribution in [1.82, 2.24) is 5.16 Å². The Morgan fingerprint density at radius 1 is 1.37 bits per heavy atom. The fraction of sp³-hybridized carbons (Fsp3) is 0.167. The van der Waals surface area contributed by atoms with Crippen molar-refractivity contribution < 1.29 is 9.32 Å². The first-order valence-electron chi connectivity index (χ1n) is 5.52. The second-order valence-electron chi connectivity index (χ2n) is 3.83. The van der Waals surface area contributed by atoms with Crippen LogP contribution in [-0.4, -0.2) is 11.1 Å². The van der Waals surface area contributed by atoms with E-state index in [0.29, 0.717) is 27.8 Å². The maximum absolute atomic E-state index is 12.1. The number of anilines is 2. The van der Waals surface area contributed by atoms with Gasteiger partial charge in [0.25, 0.3) is 5.91 Å². The third kappa shape index (κ3) is 3.00. The lowest BCUT2D eigenvalue weighted by Crippen LogP contribution is -2.14. The number of hydrogen-bond acceptors (Lipinski definition) is 4. The molecule has 19 heavy (non-hydrogen) atoms. The van der Waals surface area contributed by atoms with Crippen molar-refractivity contribution in [2.45, 2.75) is 13.3 Å². The Hall–Kier alpha value is -1.72. The van der Waals surface area contributed by atoms with E-state index in [0.717, 1.165) is 0 Å². The number of nitrogens with two attached hydrogens (primary N) is 1. The molecule has 0 atom stereocenters. The van der Waals surface area contributed by atoms with E-state index in [4.69, 9.17) is 33.5 Å². The highest BCUT2D eigenvalue weighted by Gasteiger charge is 2.20. The largest absolute Gasteiger partial charge is 0.367 e. The lowest BCUT2D eigenvalue weighted by atomic mass is 10.2. The Kier molecular flexibility index (Phi) is 3.97. The molecule has 0 bridgehead atoms. The maximum atomic E-state index is 12.1. The smallest absolute Gasteiger partial charge is 0.263 e. The van der Waals surface area contributed by atoms with E-state index in [1.807, 2.05) is 6.92 Å². The molecule has 0 aliphatic rings. The number of nitrogens with zero attached hydrogens (tertiary/aromatic N) is 1. The number of amides is 1. The topological polar surface area (TPSA) is 81.2 Å². The molecule has 0 saturated carbocycles. The number of nitrogens with one attached hydrogen (secondary N) is 1. The summed E-state index contributed by atoms with van der Waals surface area (Å²) in [6.07, 6.45) is 0.541. The summed E-state index contributed by atoms with van der Waals surface area (Å²) in [7, 11) is 0. The van der Waals surface area contributed by atoms with Crippen molar-refractivity contribution in [3.63, 3.8) is 0 Å². The van der Waals surface area contributed by atoms with Crippen molar-refractivity contribution in [3.05, 3.63) is 39.5 Å². The normalized spacial score (nSPS) is 10.5. The minimum absolute atomic E-state index is 0.0116. The van der Waals surface area contributed by atoms with Crippen LogP contribution in [0.3, 0.4) is 0 Å². The molecular weight excluding hydrogens is 289 g/mol. The number of aromatic nitrogens is 1. The Bertz CT molecular complexity index is 605. The quantitative estimate of drug-likeness (QED) is 0.910. The average molecular weight is 300 g/mol. The van der Waals surface area contributed by atoms with Gasteiger partial charge in [-0.05, 0) is 24.6 Å². The second-order valence-corrected chi connectivity index (χ2v) is 4.71. The molecule has 7 heteroatoms. The van der Waals surface area contributed by atoms with Gasteiger partial charge in [-0.2, -0.15) is 0 Å². The fourth-order valence-electron chi connectivity index (χ4n) is 1.64. The predicted molar refractivity (Wildman–Crippen MR) is 74.7 cm³/mol. The van der Waals surface area contributed by atoms with Crippen LogP contribution >= 0.6 is 23.2 Å². The molecule has 0 saturated heterocycles. The van der Waals surface area contributed by atoms with E-state index >= 15 is 0 Å². The van der Waals surface area contributed by atoms with Crippen LogP contribution in [0.15, 0.2) is 22.7 Å². The minimum Gasteiger partial charge on any atom is -0.367 e. The summed E-state index contributed by atoms with van der Waals surface area (Å²) in [5, 5.41) is 7.23. The zero-order chi connectivity index (χ0) is 14.0. The highest BCUT2D eigenvalue weighted by Crippen LogP contribution is 2.24. The van der Waals surface area contributed by atoms with Gasteiger partial charge in [-0.1, -0.05) is 35.3 Å². The van der Waals surface area contributed by atoms with Gasteiger partial charge in [0, 0.05) is 15.7 Å². The van der Waals surface area contributed by atoms with Gasteiger partial charge in [0.05, 0.1) is 5.69 Å². The molecule has 1 heterocycles. The number of nitrogen functional groups attached to an aromatic ring is 1. The van der Waals surface area contributed by atoms with Crippen LogP contribution in [0.4, 0.5) is 11.6 Å². The van der Waals surface area contributed by atoms with Crippen LogP contribution < -0.4 is 11.1 Å². The van der Waals surface area contributed by atoms with E-state index in [2.05, 4.69) is 10.5 Å². The summed E-state index contributed by atoms with van der Waals surface area (Å²) in [6.45, 7) is 1.85. The van der Waals surface area contributed by atoms with Gasteiger partial charge in [-0.15, -0.1) is 0 Å². The van der Waals surface area contributed by atoms with Crippen LogP contribution in [0, 0.1) is 0 Å². The predicted octanol–water partition coefficient (Wildman–Crippen LogP) is 3.38. The molecule has 0 aliphatic heterocycles. The molecule has 100 valence electrons. The Labute approximate surface area is 119 Å². The Balaban J connectivity index is 2.28. The summed E-state index contributed by atoms with van der Waals surface area (Å²) in [5.74, 6) is -0.420. The third-order valence-corrected chi connectivity index (χ3v) is 2.91. The van der Waals surface area contributed by atoms with Crippen molar-refractivity contribution in [2.75, 3.05) is 11.1 Å². The first-order chi connectivity index (χ1) is 9.01. The molecule has 1 aromatic heterocycles. The molecule has 1 amide bonds. The molecule has 2 rings (SSSR count). The molecule has 2 aromatic rings. The van der Waals surface area contributed by atoms with Gasteiger partial charge in [0.15, 0.2) is 0 Å². The number of benzene rings is 1.